The molecule has 12 rings (SSSR count). The van der Waals surface area contributed by atoms with Crippen molar-refractivity contribution in [3.63, 3.8) is 0 Å². The van der Waals surface area contributed by atoms with Crippen molar-refractivity contribution in [2.24, 2.45) is 0 Å². The van der Waals surface area contributed by atoms with Gasteiger partial charge in [0.15, 0.2) is 0 Å². The number of benzene rings is 9. The third kappa shape index (κ3) is 4.54. The smallest absolute Gasteiger partial charge is 0.0547 e. The van der Waals surface area contributed by atoms with Crippen molar-refractivity contribution in [2.45, 2.75) is 0 Å². The van der Waals surface area contributed by atoms with Crippen molar-refractivity contribution in [3.8, 4) is 33.6 Å². The maximum absolute atomic E-state index is 2.46. The van der Waals surface area contributed by atoms with Gasteiger partial charge >= 0.3 is 0 Å². The Morgan fingerprint density at radius 3 is 1.75 bits per heavy atom. The highest BCUT2D eigenvalue weighted by Gasteiger charge is 2.18. The predicted octanol–water partition coefficient (Wildman–Crippen LogP) is 14.7. The average molecular weight is 717 g/mol. The van der Waals surface area contributed by atoms with Crippen LogP contribution >= 0.6 is 11.3 Å². The van der Waals surface area contributed by atoms with Crippen LogP contribution in [0.2, 0.25) is 0 Å². The monoisotopic (exact) mass is 716 g/mol. The van der Waals surface area contributed by atoms with E-state index in [4.69, 9.17) is 0 Å². The number of fused-ring (bicyclic) bond motifs is 10. The highest BCUT2D eigenvalue weighted by Crippen LogP contribution is 2.42. The molecule has 256 valence electrons. The molecule has 0 saturated heterocycles. The summed E-state index contributed by atoms with van der Waals surface area (Å²) in [7, 11) is 0. The van der Waals surface area contributed by atoms with Crippen LogP contribution in [-0.4, -0.2) is 9.13 Å². The maximum Gasteiger partial charge on any atom is 0.0547 e. The topological polar surface area (TPSA) is 9.86 Å². The summed E-state index contributed by atoms with van der Waals surface area (Å²) in [6.45, 7) is 0. The van der Waals surface area contributed by atoms with Gasteiger partial charge in [0.1, 0.15) is 0 Å². The number of aromatic nitrogens is 2. The first kappa shape index (κ1) is 30.5. The Labute approximate surface area is 321 Å². The van der Waals surface area contributed by atoms with E-state index >= 15 is 0 Å². The lowest BCUT2D eigenvalue weighted by Crippen LogP contribution is -1.96. The van der Waals surface area contributed by atoms with Gasteiger partial charge in [-0.1, -0.05) is 127 Å². The molecule has 0 amide bonds. The Kier molecular flexibility index (Phi) is 6.54. The Morgan fingerprint density at radius 2 is 0.873 bits per heavy atom. The molecule has 0 spiro atoms. The molecule has 0 aliphatic heterocycles. The molecule has 0 bridgehead atoms. The Morgan fingerprint density at radius 1 is 0.291 bits per heavy atom. The molecule has 0 N–H and O–H groups in total. The van der Waals surface area contributed by atoms with E-state index in [1.54, 1.807) is 0 Å². The van der Waals surface area contributed by atoms with Gasteiger partial charge in [0.05, 0.1) is 27.8 Å². The summed E-state index contributed by atoms with van der Waals surface area (Å²) >= 11 is 1.87. The molecular weight excluding hydrogens is 685 g/mol. The number of hydrogen-bond donors (Lipinski definition) is 0. The van der Waals surface area contributed by atoms with Gasteiger partial charge in [-0.2, -0.15) is 0 Å². The van der Waals surface area contributed by atoms with Gasteiger partial charge in [0, 0.05) is 52.8 Å². The van der Waals surface area contributed by atoms with E-state index in [0.717, 1.165) is 0 Å². The van der Waals surface area contributed by atoms with Crippen LogP contribution in [0.3, 0.4) is 0 Å². The molecule has 3 heterocycles. The third-order valence-corrected chi connectivity index (χ3v) is 12.7. The zero-order chi connectivity index (χ0) is 36.0. The van der Waals surface area contributed by atoms with Crippen molar-refractivity contribution in [1.29, 1.82) is 0 Å². The van der Waals surface area contributed by atoms with E-state index in [1.165, 1.54) is 108 Å². The van der Waals surface area contributed by atoms with Crippen LogP contribution in [0.1, 0.15) is 0 Å². The maximum atomic E-state index is 2.46. The van der Waals surface area contributed by atoms with E-state index in [0.29, 0.717) is 0 Å². The van der Waals surface area contributed by atoms with Gasteiger partial charge in [-0.05, 0) is 94.4 Å². The fourth-order valence-electron chi connectivity index (χ4n) is 9.05. The molecule has 0 saturated carbocycles. The fourth-order valence-corrected chi connectivity index (χ4v) is 10.1. The number of hydrogen-bond acceptors (Lipinski definition) is 1. The van der Waals surface area contributed by atoms with Crippen molar-refractivity contribution in [3.05, 3.63) is 194 Å². The molecule has 0 aliphatic carbocycles. The number of nitrogens with zero attached hydrogens (tertiary/aromatic N) is 2. The second-order valence-electron chi connectivity index (χ2n) is 14.5. The Hall–Kier alpha value is -6.94. The molecule has 2 nitrogen and oxygen atoms in total. The van der Waals surface area contributed by atoms with Gasteiger partial charge in [0.25, 0.3) is 0 Å². The first-order valence-electron chi connectivity index (χ1n) is 18.8. The van der Waals surface area contributed by atoms with E-state index in [2.05, 4.69) is 203 Å². The molecule has 9 aromatic carbocycles. The number of rotatable bonds is 4. The van der Waals surface area contributed by atoms with E-state index in [1.807, 2.05) is 11.3 Å². The predicted molar refractivity (Wildman–Crippen MR) is 236 cm³/mol. The van der Waals surface area contributed by atoms with Crippen LogP contribution < -0.4 is 0 Å². The highest BCUT2D eigenvalue weighted by molar-refractivity contribution is 7.25. The summed E-state index contributed by atoms with van der Waals surface area (Å²) in [5, 5.41) is 10.2. The fraction of sp³-hybridized carbons (Fsp3) is 0. The van der Waals surface area contributed by atoms with Gasteiger partial charge in [-0.15, -0.1) is 11.3 Å². The third-order valence-electron chi connectivity index (χ3n) is 11.5. The largest absolute Gasteiger partial charge is 0.309 e. The Balaban J connectivity index is 1.04. The minimum absolute atomic E-state index is 1.17. The molecule has 3 heteroatoms. The zero-order valence-electron chi connectivity index (χ0n) is 29.8. The van der Waals surface area contributed by atoms with Gasteiger partial charge in [-0.3, -0.25) is 0 Å². The van der Waals surface area contributed by atoms with Gasteiger partial charge in [-0.25, -0.2) is 0 Å². The molecule has 0 unspecified atom stereocenters. The lowest BCUT2D eigenvalue weighted by Gasteiger charge is -2.14. The average Bonchev–Trinajstić information content (AvgIpc) is 3.90. The molecule has 3 aromatic heterocycles. The molecule has 55 heavy (non-hydrogen) atoms. The van der Waals surface area contributed by atoms with Crippen LogP contribution in [0.25, 0.3) is 108 Å². The molecule has 0 atom stereocenters. The summed E-state index contributed by atoms with van der Waals surface area (Å²) < 4.78 is 7.52. The van der Waals surface area contributed by atoms with E-state index in [-0.39, 0.29) is 0 Å². The van der Waals surface area contributed by atoms with Gasteiger partial charge < -0.3 is 9.13 Å². The lowest BCUT2D eigenvalue weighted by molar-refractivity contribution is 1.18. The molecular formula is C52H32N2S. The normalized spacial score (nSPS) is 12.0. The molecule has 0 fully saturated rings. The van der Waals surface area contributed by atoms with Crippen LogP contribution in [0.4, 0.5) is 0 Å². The van der Waals surface area contributed by atoms with E-state index < -0.39 is 0 Å². The summed E-state index contributed by atoms with van der Waals surface area (Å²) in [4.78, 5) is 0. The standard InChI is InChI=1S/C52H32N2S/c1-2-12-36(13-3-1)53-46-20-7-4-14-40(46)42-27-24-34(32-50(42)53)33-25-28-49-44(30-33)41-15-5-8-21-47(41)54(49)48-22-11-18-38-37(17-10-19-39(38)48)35-26-29-52-45(31-35)43-16-6-9-23-51(43)55-52/h1-32H. The first-order valence-corrected chi connectivity index (χ1v) is 19.7. The number of thiophene rings is 1. The SMILES string of the molecule is c1ccc(-n2c3ccccc3c3ccc(-c4ccc5c(c4)c4ccccc4n5-c4cccc5c(-c6ccc7sc8ccccc8c7c6)cccc45)cc32)cc1. The number of para-hydroxylation sites is 3. The summed E-state index contributed by atoms with van der Waals surface area (Å²) in [6, 6.07) is 71.5. The first-order chi connectivity index (χ1) is 27.3. The van der Waals surface area contributed by atoms with Crippen LogP contribution in [-0.2, 0) is 0 Å². The van der Waals surface area contributed by atoms with Crippen LogP contribution in [0.15, 0.2) is 194 Å². The lowest BCUT2D eigenvalue weighted by atomic mass is 9.96. The zero-order valence-corrected chi connectivity index (χ0v) is 30.6. The minimum Gasteiger partial charge on any atom is -0.309 e. The summed E-state index contributed by atoms with van der Waals surface area (Å²) in [6.07, 6.45) is 0. The quantitative estimate of drug-likeness (QED) is 0.172. The van der Waals surface area contributed by atoms with Crippen LogP contribution in [0.5, 0.6) is 0 Å². The van der Waals surface area contributed by atoms with Crippen molar-refractivity contribution in [2.75, 3.05) is 0 Å². The second-order valence-corrected chi connectivity index (χ2v) is 15.6. The summed E-state index contributed by atoms with van der Waals surface area (Å²) in [5.74, 6) is 0. The molecule has 0 radical (unpaired) electrons. The van der Waals surface area contributed by atoms with Crippen molar-refractivity contribution < 1.29 is 0 Å². The highest BCUT2D eigenvalue weighted by atomic mass is 32.1. The van der Waals surface area contributed by atoms with Crippen LogP contribution in [0, 0.1) is 0 Å². The van der Waals surface area contributed by atoms with Crippen molar-refractivity contribution >= 4 is 85.9 Å². The van der Waals surface area contributed by atoms with Crippen molar-refractivity contribution in [1.82, 2.24) is 9.13 Å². The minimum atomic E-state index is 1.17. The molecule has 0 aliphatic rings. The van der Waals surface area contributed by atoms with E-state index in [9.17, 15) is 0 Å². The summed E-state index contributed by atoms with van der Waals surface area (Å²) in [5.41, 5.74) is 12.1. The second kappa shape index (κ2) is 11.8. The molecule has 12 aromatic rings. The van der Waals surface area contributed by atoms with Gasteiger partial charge in [0.2, 0.25) is 0 Å². The Bertz CT molecular complexity index is 3490.